The first-order valence-electron chi connectivity index (χ1n) is 11.9. The Balaban J connectivity index is 1.63. The molecule has 9 heteroatoms. The third-order valence-electron chi connectivity index (χ3n) is 6.58. The fraction of sp³-hybridized carbons (Fsp3) is 0.321. The van der Waals surface area contributed by atoms with Gasteiger partial charge in [-0.1, -0.05) is 37.3 Å². The molecule has 4 nitrogen and oxygen atoms in total. The van der Waals surface area contributed by atoms with Gasteiger partial charge < -0.3 is 15.7 Å². The van der Waals surface area contributed by atoms with Crippen LogP contribution < -0.4 is 10.6 Å². The van der Waals surface area contributed by atoms with E-state index < -0.39 is 47.5 Å². The van der Waals surface area contributed by atoms with E-state index in [9.17, 15) is 31.9 Å². The summed E-state index contributed by atoms with van der Waals surface area (Å²) in [6, 6.07) is 10.8. The van der Waals surface area contributed by atoms with Gasteiger partial charge in [0.15, 0.2) is 0 Å². The number of hydrogen-bond donors (Lipinski definition) is 3. The van der Waals surface area contributed by atoms with Crippen molar-refractivity contribution >= 4 is 5.91 Å². The molecule has 0 radical (unpaired) electrons. The summed E-state index contributed by atoms with van der Waals surface area (Å²) in [5.41, 5.74) is 2.15. The van der Waals surface area contributed by atoms with Crippen LogP contribution in [-0.4, -0.2) is 29.7 Å². The van der Waals surface area contributed by atoms with Crippen molar-refractivity contribution in [3.8, 4) is 11.1 Å². The zero-order valence-corrected chi connectivity index (χ0v) is 20.3. The van der Waals surface area contributed by atoms with Crippen LogP contribution in [0.4, 0.5) is 22.0 Å². The number of alkyl halides is 3. The molecule has 0 saturated heterocycles. The quantitative estimate of drug-likeness (QED) is 0.354. The molecule has 1 aliphatic carbocycles. The summed E-state index contributed by atoms with van der Waals surface area (Å²) in [6.45, 7) is 3.11. The highest BCUT2D eigenvalue weighted by molar-refractivity contribution is 5.82. The maximum atomic E-state index is 13.9. The maximum Gasteiger partial charge on any atom is 0.417 e. The molecule has 0 fully saturated rings. The molecular formula is C28H27F5N2O2. The van der Waals surface area contributed by atoms with Crippen LogP contribution in [0.5, 0.6) is 0 Å². The Morgan fingerprint density at radius 3 is 2.32 bits per heavy atom. The van der Waals surface area contributed by atoms with E-state index >= 15 is 0 Å². The van der Waals surface area contributed by atoms with Crippen molar-refractivity contribution in [1.29, 1.82) is 0 Å². The Kier molecular flexibility index (Phi) is 7.66. The summed E-state index contributed by atoms with van der Waals surface area (Å²) in [5, 5.41) is 16.7. The predicted molar refractivity (Wildman–Crippen MR) is 130 cm³/mol. The predicted octanol–water partition coefficient (Wildman–Crippen LogP) is 5.31. The van der Waals surface area contributed by atoms with Gasteiger partial charge in [-0.05, 0) is 64.4 Å². The number of aliphatic hydroxyl groups excluding tert-OH is 1. The summed E-state index contributed by atoms with van der Waals surface area (Å²) in [4.78, 5) is 11.8. The molecule has 3 atom stereocenters. The minimum Gasteiger partial charge on any atom is -0.390 e. The van der Waals surface area contributed by atoms with E-state index in [0.717, 1.165) is 29.8 Å². The first-order valence-corrected chi connectivity index (χ1v) is 11.9. The maximum absolute atomic E-state index is 13.9. The van der Waals surface area contributed by atoms with Crippen LogP contribution >= 0.6 is 0 Å². The number of aliphatic hydroxyl groups is 1. The van der Waals surface area contributed by atoms with E-state index in [-0.39, 0.29) is 24.1 Å². The van der Waals surface area contributed by atoms with E-state index in [2.05, 4.69) is 10.6 Å². The fourth-order valence-electron chi connectivity index (χ4n) is 4.94. The molecule has 1 unspecified atom stereocenters. The van der Waals surface area contributed by atoms with Crippen molar-refractivity contribution in [2.75, 3.05) is 6.54 Å². The normalized spacial score (nSPS) is 16.2. The molecule has 3 aromatic rings. The Hall–Kier alpha value is -3.30. The van der Waals surface area contributed by atoms with Crippen LogP contribution in [0, 0.1) is 11.6 Å². The number of halogens is 5. The molecule has 3 N–H and O–H groups in total. The average molecular weight is 519 g/mol. The lowest BCUT2D eigenvalue weighted by Crippen LogP contribution is -2.48. The Morgan fingerprint density at radius 1 is 1.00 bits per heavy atom. The molecule has 4 rings (SSSR count). The van der Waals surface area contributed by atoms with E-state index in [0.29, 0.717) is 23.1 Å². The van der Waals surface area contributed by atoms with Crippen molar-refractivity contribution in [1.82, 2.24) is 10.6 Å². The number of amides is 1. The Morgan fingerprint density at radius 2 is 1.70 bits per heavy atom. The summed E-state index contributed by atoms with van der Waals surface area (Å²) in [7, 11) is 0. The average Bonchev–Trinajstić information content (AvgIpc) is 3.13. The second-order valence-electron chi connectivity index (χ2n) is 9.24. The number of nitrogens with one attached hydrogen (secondary N) is 2. The third kappa shape index (κ3) is 5.83. The topological polar surface area (TPSA) is 61.4 Å². The standard InChI is InChI=1S/C28H27F5N2O2/c1-3-16-7-8-20-22(11-16)27(21-5-4-6-23(26(20)21)28(31,32)33)34-14-25(37)24(35-15(2)36)12-17-9-18(29)13-19(30)10-17/h4-11,13,24-25,27,34,37H,3,12,14H2,1-2H3,(H,35,36)/t24-,25-,27?/m0/s1. The lowest BCUT2D eigenvalue weighted by molar-refractivity contribution is -0.137. The van der Waals surface area contributed by atoms with Crippen molar-refractivity contribution in [3.05, 3.63) is 94.0 Å². The minimum atomic E-state index is -4.54. The molecule has 3 aromatic carbocycles. The highest BCUT2D eigenvalue weighted by Crippen LogP contribution is 2.49. The summed E-state index contributed by atoms with van der Waals surface area (Å²) in [6.07, 6.45) is -5.10. The van der Waals surface area contributed by atoms with Gasteiger partial charge in [-0.15, -0.1) is 0 Å². The van der Waals surface area contributed by atoms with Gasteiger partial charge in [0.2, 0.25) is 5.91 Å². The molecule has 37 heavy (non-hydrogen) atoms. The molecule has 0 aliphatic heterocycles. The van der Waals surface area contributed by atoms with Crippen molar-refractivity contribution in [3.63, 3.8) is 0 Å². The van der Waals surface area contributed by atoms with E-state index in [1.807, 2.05) is 13.0 Å². The van der Waals surface area contributed by atoms with Gasteiger partial charge in [-0.25, -0.2) is 8.78 Å². The SMILES string of the molecule is CCc1ccc2c(c1)C(NC[C@H](O)[C@H](Cc1cc(F)cc(F)c1)NC(C)=O)c1cccc(C(F)(F)F)c1-2. The number of rotatable bonds is 8. The molecule has 1 aliphatic rings. The van der Waals surface area contributed by atoms with Crippen LogP contribution in [0.2, 0.25) is 0 Å². The summed E-state index contributed by atoms with van der Waals surface area (Å²) in [5.74, 6) is -2.01. The van der Waals surface area contributed by atoms with Crippen LogP contribution in [0.25, 0.3) is 11.1 Å². The van der Waals surface area contributed by atoms with Gasteiger partial charge in [0, 0.05) is 19.5 Å². The highest BCUT2D eigenvalue weighted by atomic mass is 19.4. The van der Waals surface area contributed by atoms with Crippen LogP contribution in [0.15, 0.2) is 54.6 Å². The number of fused-ring (bicyclic) bond motifs is 3. The van der Waals surface area contributed by atoms with Gasteiger partial charge in [-0.2, -0.15) is 13.2 Å². The van der Waals surface area contributed by atoms with E-state index in [1.165, 1.54) is 13.0 Å². The van der Waals surface area contributed by atoms with Crippen molar-refractivity contribution in [2.45, 2.75) is 51.1 Å². The Labute approximate surface area is 211 Å². The van der Waals surface area contributed by atoms with Gasteiger partial charge in [0.05, 0.1) is 23.8 Å². The van der Waals surface area contributed by atoms with E-state index in [4.69, 9.17) is 0 Å². The molecule has 0 bridgehead atoms. The second kappa shape index (κ2) is 10.6. The number of benzene rings is 3. The second-order valence-corrected chi connectivity index (χ2v) is 9.24. The number of hydrogen-bond acceptors (Lipinski definition) is 3. The summed E-state index contributed by atoms with van der Waals surface area (Å²) < 4.78 is 68.9. The first-order chi connectivity index (χ1) is 17.5. The van der Waals surface area contributed by atoms with Crippen LogP contribution in [0.3, 0.4) is 0 Å². The number of aryl methyl sites for hydroxylation is 1. The summed E-state index contributed by atoms with van der Waals surface area (Å²) >= 11 is 0. The lowest BCUT2D eigenvalue weighted by Gasteiger charge is -2.26. The van der Waals surface area contributed by atoms with Crippen molar-refractivity contribution in [2.24, 2.45) is 0 Å². The molecule has 0 heterocycles. The van der Waals surface area contributed by atoms with Gasteiger partial charge in [0.1, 0.15) is 11.6 Å². The molecule has 1 amide bonds. The lowest BCUT2D eigenvalue weighted by atomic mass is 9.98. The van der Waals surface area contributed by atoms with Gasteiger partial charge >= 0.3 is 6.18 Å². The number of carbonyl (C=O) groups excluding carboxylic acids is 1. The molecule has 196 valence electrons. The van der Waals surface area contributed by atoms with Crippen LogP contribution in [0.1, 0.15) is 47.7 Å². The van der Waals surface area contributed by atoms with E-state index in [1.54, 1.807) is 18.2 Å². The molecular weight excluding hydrogens is 491 g/mol. The first kappa shape index (κ1) is 26.8. The van der Waals surface area contributed by atoms with Gasteiger partial charge in [0.25, 0.3) is 0 Å². The zero-order chi connectivity index (χ0) is 26.9. The van der Waals surface area contributed by atoms with Gasteiger partial charge in [-0.3, -0.25) is 4.79 Å². The van der Waals surface area contributed by atoms with Crippen molar-refractivity contribution < 1.29 is 31.9 Å². The highest BCUT2D eigenvalue weighted by Gasteiger charge is 2.40. The van der Waals surface area contributed by atoms with Crippen LogP contribution in [-0.2, 0) is 23.8 Å². The minimum absolute atomic E-state index is 0.0485. The monoisotopic (exact) mass is 518 g/mol. The zero-order valence-electron chi connectivity index (χ0n) is 20.3. The third-order valence-corrected chi connectivity index (χ3v) is 6.58. The largest absolute Gasteiger partial charge is 0.417 e. The smallest absolute Gasteiger partial charge is 0.390 e. The molecule has 0 aromatic heterocycles. The molecule has 0 saturated carbocycles. The Bertz CT molecular complexity index is 1290. The fourth-order valence-corrected chi connectivity index (χ4v) is 4.94. The number of carbonyl (C=O) groups is 1. The molecule has 0 spiro atoms.